The summed E-state index contributed by atoms with van der Waals surface area (Å²) in [6, 6.07) is 14.1. The first-order valence-electron chi connectivity index (χ1n) is 7.04. The predicted octanol–water partition coefficient (Wildman–Crippen LogP) is 1.90. The highest BCUT2D eigenvalue weighted by Crippen LogP contribution is 2.30. The number of amides is 1. The topological polar surface area (TPSA) is 104 Å². The van der Waals surface area contributed by atoms with Gasteiger partial charge in [-0.05, 0) is 24.3 Å². The molecule has 3 rings (SSSR count). The lowest BCUT2D eigenvalue weighted by molar-refractivity contribution is 0.101. The number of phenolic OH excluding ortho intramolecular Hbond substituents is 2. The quantitative estimate of drug-likeness (QED) is 0.639. The molecule has 3 N–H and O–H groups in total. The Morgan fingerprint density at radius 2 is 1.75 bits per heavy atom. The monoisotopic (exact) mass is 323 g/mol. The van der Waals surface area contributed by atoms with Crippen LogP contribution in [0.3, 0.4) is 0 Å². The molecule has 24 heavy (non-hydrogen) atoms. The number of nitrogens with one attached hydrogen (secondary N) is 1. The van der Waals surface area contributed by atoms with Crippen LogP contribution in [0.25, 0.3) is 5.69 Å². The Balaban J connectivity index is 1.99. The van der Waals surface area contributed by atoms with Gasteiger partial charge in [-0.25, -0.2) is 4.68 Å². The van der Waals surface area contributed by atoms with E-state index in [0.717, 1.165) is 10.7 Å². The van der Waals surface area contributed by atoms with Crippen molar-refractivity contribution in [2.24, 2.45) is 0 Å². The molecule has 2 aromatic carbocycles. The second-order valence-corrected chi connectivity index (χ2v) is 4.94. The van der Waals surface area contributed by atoms with Crippen LogP contribution < -0.4 is 10.7 Å². The summed E-state index contributed by atoms with van der Waals surface area (Å²) in [6.07, 6.45) is 1.30. The standard InChI is InChI=1S/C17H13N3O4/c21-13-9-10-20(12-7-4-8-14(22)16(12)23)19-15(13)17(24)18-11-5-2-1-3-6-11/h1-10,22-23H,(H,18,24). The second-order valence-electron chi connectivity index (χ2n) is 4.94. The Morgan fingerprint density at radius 1 is 1.00 bits per heavy atom. The molecule has 0 aliphatic rings. The van der Waals surface area contributed by atoms with Crippen LogP contribution in [0, 0.1) is 0 Å². The van der Waals surface area contributed by atoms with Crippen LogP contribution in [0.5, 0.6) is 11.5 Å². The number of hydrogen-bond acceptors (Lipinski definition) is 5. The number of carbonyl (C=O) groups is 1. The molecule has 0 spiro atoms. The molecule has 1 amide bonds. The molecule has 7 heteroatoms. The van der Waals surface area contributed by atoms with Crippen molar-refractivity contribution in [1.29, 1.82) is 0 Å². The maximum absolute atomic E-state index is 12.3. The van der Waals surface area contributed by atoms with Gasteiger partial charge in [0.05, 0.1) is 0 Å². The summed E-state index contributed by atoms with van der Waals surface area (Å²) in [6.45, 7) is 0. The minimum absolute atomic E-state index is 0.142. The Labute approximate surface area is 136 Å². The SMILES string of the molecule is O=C(Nc1ccccc1)c1nn(-c2cccc(O)c2O)ccc1=O. The minimum Gasteiger partial charge on any atom is -0.504 e. The molecule has 0 unspecified atom stereocenters. The zero-order valence-corrected chi connectivity index (χ0v) is 12.4. The van der Waals surface area contributed by atoms with E-state index in [9.17, 15) is 19.8 Å². The summed E-state index contributed by atoms with van der Waals surface area (Å²) in [7, 11) is 0. The average molecular weight is 323 g/mol. The van der Waals surface area contributed by atoms with Crippen LogP contribution in [0.2, 0.25) is 0 Å². The lowest BCUT2D eigenvalue weighted by Gasteiger charge is -2.10. The highest BCUT2D eigenvalue weighted by atomic mass is 16.3. The zero-order chi connectivity index (χ0) is 17.1. The van der Waals surface area contributed by atoms with Crippen LogP contribution in [-0.2, 0) is 0 Å². The molecule has 0 bridgehead atoms. The number of aromatic nitrogens is 2. The van der Waals surface area contributed by atoms with Gasteiger partial charge < -0.3 is 15.5 Å². The van der Waals surface area contributed by atoms with E-state index in [1.54, 1.807) is 30.3 Å². The molecule has 0 atom stereocenters. The number of hydrogen-bond donors (Lipinski definition) is 3. The Kier molecular flexibility index (Phi) is 3.98. The van der Waals surface area contributed by atoms with Gasteiger partial charge in [-0.15, -0.1) is 0 Å². The largest absolute Gasteiger partial charge is 0.504 e. The number of nitrogens with zero attached hydrogens (tertiary/aromatic N) is 2. The molecule has 0 aliphatic heterocycles. The van der Waals surface area contributed by atoms with Gasteiger partial charge in [0.15, 0.2) is 17.2 Å². The first kappa shape index (κ1) is 15.3. The maximum Gasteiger partial charge on any atom is 0.280 e. The number of benzene rings is 2. The number of aromatic hydroxyl groups is 2. The van der Waals surface area contributed by atoms with Gasteiger partial charge in [0.25, 0.3) is 5.91 Å². The Bertz CT molecular complexity index is 952. The van der Waals surface area contributed by atoms with Crippen LogP contribution >= 0.6 is 0 Å². The third-order valence-corrected chi connectivity index (χ3v) is 3.30. The number of rotatable bonds is 3. The fourth-order valence-corrected chi connectivity index (χ4v) is 2.12. The molecular formula is C17H13N3O4. The highest BCUT2D eigenvalue weighted by Gasteiger charge is 2.15. The van der Waals surface area contributed by atoms with Crippen LogP contribution in [0.15, 0.2) is 65.6 Å². The van der Waals surface area contributed by atoms with Crippen molar-refractivity contribution < 1.29 is 15.0 Å². The van der Waals surface area contributed by atoms with E-state index in [1.165, 1.54) is 24.4 Å². The van der Waals surface area contributed by atoms with Crippen molar-refractivity contribution in [1.82, 2.24) is 9.78 Å². The van der Waals surface area contributed by atoms with Crippen LogP contribution in [0.4, 0.5) is 5.69 Å². The summed E-state index contributed by atoms with van der Waals surface area (Å²) >= 11 is 0. The fraction of sp³-hybridized carbons (Fsp3) is 0. The molecule has 120 valence electrons. The van der Waals surface area contributed by atoms with Gasteiger partial charge >= 0.3 is 0 Å². The van der Waals surface area contributed by atoms with E-state index in [1.807, 2.05) is 0 Å². The summed E-state index contributed by atoms with van der Waals surface area (Å²) in [5.74, 6) is -1.40. The highest BCUT2D eigenvalue weighted by molar-refractivity contribution is 6.02. The van der Waals surface area contributed by atoms with E-state index in [0.29, 0.717) is 5.69 Å². The molecule has 0 radical (unpaired) electrons. The molecule has 0 aliphatic carbocycles. The van der Waals surface area contributed by atoms with Gasteiger partial charge in [0.1, 0.15) is 5.69 Å². The number of para-hydroxylation sites is 2. The summed E-state index contributed by atoms with van der Waals surface area (Å²) < 4.78 is 1.15. The van der Waals surface area contributed by atoms with Crippen molar-refractivity contribution in [2.45, 2.75) is 0 Å². The van der Waals surface area contributed by atoms with Crippen molar-refractivity contribution in [3.05, 3.63) is 76.7 Å². The van der Waals surface area contributed by atoms with Crippen molar-refractivity contribution >= 4 is 11.6 Å². The lowest BCUT2D eigenvalue weighted by atomic mass is 10.2. The van der Waals surface area contributed by atoms with E-state index in [2.05, 4.69) is 10.4 Å². The van der Waals surface area contributed by atoms with Gasteiger partial charge in [0, 0.05) is 18.0 Å². The zero-order valence-electron chi connectivity index (χ0n) is 12.4. The second kappa shape index (κ2) is 6.25. The van der Waals surface area contributed by atoms with E-state index in [-0.39, 0.29) is 17.1 Å². The summed E-state index contributed by atoms with van der Waals surface area (Å²) in [4.78, 5) is 24.2. The summed E-state index contributed by atoms with van der Waals surface area (Å²) in [5.41, 5.74) is -0.216. The van der Waals surface area contributed by atoms with E-state index >= 15 is 0 Å². The smallest absolute Gasteiger partial charge is 0.280 e. The van der Waals surface area contributed by atoms with Crippen molar-refractivity contribution in [2.75, 3.05) is 5.32 Å². The first-order valence-corrected chi connectivity index (χ1v) is 7.04. The Hall–Kier alpha value is -3.61. The number of carbonyl (C=O) groups excluding carboxylic acids is 1. The van der Waals surface area contributed by atoms with Gasteiger partial charge in [-0.3, -0.25) is 9.59 Å². The third kappa shape index (κ3) is 2.95. The van der Waals surface area contributed by atoms with Gasteiger partial charge in [-0.2, -0.15) is 5.10 Å². The molecule has 1 heterocycles. The first-order chi connectivity index (χ1) is 11.6. The van der Waals surface area contributed by atoms with E-state index < -0.39 is 17.1 Å². The average Bonchev–Trinajstić information content (AvgIpc) is 2.59. The molecule has 0 fully saturated rings. The minimum atomic E-state index is -0.666. The van der Waals surface area contributed by atoms with E-state index in [4.69, 9.17) is 0 Å². The lowest BCUT2D eigenvalue weighted by Crippen LogP contribution is -2.25. The van der Waals surface area contributed by atoms with Crippen molar-refractivity contribution in [3.8, 4) is 17.2 Å². The molecule has 0 saturated heterocycles. The normalized spacial score (nSPS) is 10.3. The predicted molar refractivity (Wildman–Crippen MR) is 87.6 cm³/mol. The summed E-state index contributed by atoms with van der Waals surface area (Å²) in [5, 5.41) is 26.0. The fourth-order valence-electron chi connectivity index (χ4n) is 2.12. The van der Waals surface area contributed by atoms with Crippen LogP contribution in [0.1, 0.15) is 10.5 Å². The number of anilines is 1. The molecule has 0 saturated carbocycles. The number of phenols is 2. The van der Waals surface area contributed by atoms with Gasteiger partial charge in [0.2, 0.25) is 5.43 Å². The third-order valence-electron chi connectivity index (χ3n) is 3.30. The molecule has 1 aromatic heterocycles. The van der Waals surface area contributed by atoms with Gasteiger partial charge in [-0.1, -0.05) is 24.3 Å². The maximum atomic E-state index is 12.3. The Morgan fingerprint density at radius 3 is 2.50 bits per heavy atom. The van der Waals surface area contributed by atoms with Crippen molar-refractivity contribution in [3.63, 3.8) is 0 Å². The molecular weight excluding hydrogens is 310 g/mol. The molecule has 3 aromatic rings. The molecule has 7 nitrogen and oxygen atoms in total. The van der Waals surface area contributed by atoms with Crippen LogP contribution in [-0.4, -0.2) is 25.9 Å².